The highest BCUT2D eigenvalue weighted by molar-refractivity contribution is 5.79. The van der Waals surface area contributed by atoms with Gasteiger partial charge in [0.15, 0.2) is 0 Å². The molecule has 0 saturated carbocycles. The van der Waals surface area contributed by atoms with Crippen LogP contribution in [0.25, 0.3) is 0 Å². The van der Waals surface area contributed by atoms with Gasteiger partial charge in [0, 0.05) is 5.54 Å². The molecule has 3 heteroatoms. The molecule has 1 N–H and O–H groups in total. The van der Waals surface area contributed by atoms with E-state index in [1.165, 1.54) is 0 Å². The van der Waals surface area contributed by atoms with Crippen LogP contribution < -0.4 is 10.1 Å². The summed E-state index contributed by atoms with van der Waals surface area (Å²) in [6.07, 6.45) is 0.411. The first-order chi connectivity index (χ1) is 8.23. The molecule has 100 valence electrons. The minimum Gasteiger partial charge on any atom is -0.496 e. The standard InChI is InChI=1S/C15H23NO2/c1-10-8-13(18-6)11(2)7-12(10)9-14(17)16-15(3,4)5/h7-8H,9H2,1-6H3,(H,16,17). The summed E-state index contributed by atoms with van der Waals surface area (Å²) >= 11 is 0. The van der Waals surface area contributed by atoms with Gasteiger partial charge in [-0.15, -0.1) is 0 Å². The van der Waals surface area contributed by atoms with E-state index in [-0.39, 0.29) is 11.4 Å². The number of ether oxygens (including phenoxy) is 1. The number of carbonyl (C=O) groups is 1. The highest BCUT2D eigenvalue weighted by Crippen LogP contribution is 2.22. The van der Waals surface area contributed by atoms with Crippen molar-refractivity contribution >= 4 is 5.91 Å². The van der Waals surface area contributed by atoms with Crippen molar-refractivity contribution in [3.05, 3.63) is 28.8 Å². The van der Waals surface area contributed by atoms with E-state index in [1.54, 1.807) is 7.11 Å². The second-order valence-electron chi connectivity index (χ2n) is 5.72. The minimum absolute atomic E-state index is 0.0511. The summed E-state index contributed by atoms with van der Waals surface area (Å²) in [4.78, 5) is 11.9. The maximum Gasteiger partial charge on any atom is 0.224 e. The normalized spacial score (nSPS) is 11.2. The van der Waals surface area contributed by atoms with Crippen molar-refractivity contribution in [2.24, 2.45) is 0 Å². The molecule has 0 spiro atoms. The van der Waals surface area contributed by atoms with E-state index in [4.69, 9.17) is 4.74 Å². The van der Waals surface area contributed by atoms with Gasteiger partial charge in [-0.3, -0.25) is 4.79 Å². The molecule has 1 aromatic carbocycles. The maximum atomic E-state index is 11.9. The Morgan fingerprint density at radius 3 is 2.33 bits per heavy atom. The van der Waals surface area contributed by atoms with Gasteiger partial charge >= 0.3 is 0 Å². The van der Waals surface area contributed by atoms with Gasteiger partial charge < -0.3 is 10.1 Å². The van der Waals surface area contributed by atoms with Gasteiger partial charge in [-0.05, 0) is 57.4 Å². The van der Waals surface area contributed by atoms with Gasteiger partial charge in [0.1, 0.15) is 5.75 Å². The van der Waals surface area contributed by atoms with Gasteiger partial charge in [-0.2, -0.15) is 0 Å². The van der Waals surface area contributed by atoms with E-state index >= 15 is 0 Å². The maximum absolute atomic E-state index is 11.9. The molecule has 0 bridgehead atoms. The predicted octanol–water partition coefficient (Wildman–Crippen LogP) is 2.77. The van der Waals surface area contributed by atoms with Gasteiger partial charge in [0.2, 0.25) is 5.91 Å². The zero-order valence-corrected chi connectivity index (χ0v) is 12.2. The Bertz CT molecular complexity index is 445. The molecule has 18 heavy (non-hydrogen) atoms. The third-order valence-corrected chi connectivity index (χ3v) is 2.72. The van der Waals surface area contributed by atoms with Crippen LogP contribution in [-0.2, 0) is 11.2 Å². The SMILES string of the molecule is COc1cc(C)c(CC(=O)NC(C)(C)C)cc1C. The molecule has 0 aliphatic heterocycles. The van der Waals surface area contributed by atoms with Crippen molar-refractivity contribution in [2.45, 2.75) is 46.6 Å². The molecular formula is C15H23NO2. The lowest BCUT2D eigenvalue weighted by Gasteiger charge is -2.21. The van der Waals surface area contributed by atoms with Crippen LogP contribution >= 0.6 is 0 Å². The van der Waals surface area contributed by atoms with Crippen molar-refractivity contribution in [1.82, 2.24) is 5.32 Å². The molecule has 0 aromatic heterocycles. The fourth-order valence-electron chi connectivity index (χ4n) is 1.90. The molecule has 0 atom stereocenters. The number of methoxy groups -OCH3 is 1. The Labute approximate surface area is 110 Å². The van der Waals surface area contributed by atoms with Gasteiger partial charge in [0.05, 0.1) is 13.5 Å². The zero-order valence-electron chi connectivity index (χ0n) is 12.2. The summed E-state index contributed by atoms with van der Waals surface area (Å²) in [7, 11) is 1.66. The van der Waals surface area contributed by atoms with Crippen molar-refractivity contribution in [3.8, 4) is 5.75 Å². The quantitative estimate of drug-likeness (QED) is 0.894. The molecule has 0 aliphatic carbocycles. The van der Waals surface area contributed by atoms with Crippen LogP contribution in [0.15, 0.2) is 12.1 Å². The topological polar surface area (TPSA) is 38.3 Å². The number of hydrogen-bond acceptors (Lipinski definition) is 2. The first-order valence-electron chi connectivity index (χ1n) is 6.18. The Morgan fingerprint density at radius 2 is 1.83 bits per heavy atom. The van der Waals surface area contributed by atoms with Crippen LogP contribution in [0.5, 0.6) is 5.75 Å². The lowest BCUT2D eigenvalue weighted by atomic mass is 10.0. The van der Waals surface area contributed by atoms with Gasteiger partial charge in [0.25, 0.3) is 0 Å². The number of benzene rings is 1. The van der Waals surface area contributed by atoms with E-state index in [0.29, 0.717) is 6.42 Å². The molecule has 0 aliphatic rings. The zero-order chi connectivity index (χ0) is 13.9. The van der Waals surface area contributed by atoms with Crippen LogP contribution in [-0.4, -0.2) is 18.6 Å². The molecule has 1 amide bonds. The number of hydrogen-bond donors (Lipinski definition) is 1. The molecular weight excluding hydrogens is 226 g/mol. The monoisotopic (exact) mass is 249 g/mol. The number of rotatable bonds is 3. The molecule has 0 radical (unpaired) electrons. The first-order valence-corrected chi connectivity index (χ1v) is 6.18. The number of carbonyl (C=O) groups excluding carboxylic acids is 1. The molecule has 0 fully saturated rings. The second kappa shape index (κ2) is 5.42. The Balaban J connectivity index is 2.86. The fraction of sp³-hybridized carbons (Fsp3) is 0.533. The second-order valence-corrected chi connectivity index (χ2v) is 5.72. The van der Waals surface area contributed by atoms with Gasteiger partial charge in [-0.25, -0.2) is 0 Å². The molecule has 1 rings (SSSR count). The fourth-order valence-corrected chi connectivity index (χ4v) is 1.90. The van der Waals surface area contributed by atoms with E-state index in [9.17, 15) is 4.79 Å². The van der Waals surface area contributed by atoms with E-state index in [0.717, 1.165) is 22.4 Å². The first kappa shape index (κ1) is 14.6. The predicted molar refractivity (Wildman–Crippen MR) is 74.1 cm³/mol. The lowest BCUT2D eigenvalue weighted by molar-refractivity contribution is -0.121. The average Bonchev–Trinajstić information content (AvgIpc) is 2.20. The molecule has 1 aromatic rings. The summed E-state index contributed by atoms with van der Waals surface area (Å²) in [6.45, 7) is 9.94. The van der Waals surface area contributed by atoms with Crippen molar-refractivity contribution in [2.75, 3.05) is 7.11 Å². The van der Waals surface area contributed by atoms with E-state index in [2.05, 4.69) is 5.32 Å². The average molecular weight is 249 g/mol. The molecule has 3 nitrogen and oxygen atoms in total. The van der Waals surface area contributed by atoms with Crippen LogP contribution in [0.2, 0.25) is 0 Å². The van der Waals surface area contributed by atoms with Crippen LogP contribution in [0.3, 0.4) is 0 Å². The van der Waals surface area contributed by atoms with Crippen molar-refractivity contribution in [3.63, 3.8) is 0 Å². The highest BCUT2D eigenvalue weighted by atomic mass is 16.5. The van der Waals surface area contributed by atoms with E-state index in [1.807, 2.05) is 46.8 Å². The summed E-state index contributed by atoms with van der Waals surface area (Å²) in [6, 6.07) is 4.01. The lowest BCUT2D eigenvalue weighted by Crippen LogP contribution is -2.41. The summed E-state index contributed by atoms with van der Waals surface area (Å²) in [5, 5.41) is 2.97. The van der Waals surface area contributed by atoms with Crippen LogP contribution in [0.4, 0.5) is 0 Å². The van der Waals surface area contributed by atoms with Gasteiger partial charge in [-0.1, -0.05) is 6.07 Å². The van der Waals surface area contributed by atoms with E-state index < -0.39 is 0 Å². The Morgan fingerprint density at radius 1 is 1.22 bits per heavy atom. The number of aryl methyl sites for hydroxylation is 2. The smallest absolute Gasteiger partial charge is 0.224 e. The minimum atomic E-state index is -0.188. The Hall–Kier alpha value is -1.51. The third kappa shape index (κ3) is 4.06. The summed E-state index contributed by atoms with van der Waals surface area (Å²) < 4.78 is 5.27. The summed E-state index contributed by atoms with van der Waals surface area (Å²) in [5.74, 6) is 0.919. The van der Waals surface area contributed by atoms with Crippen LogP contribution in [0, 0.1) is 13.8 Å². The molecule has 0 heterocycles. The van der Waals surface area contributed by atoms with Crippen molar-refractivity contribution < 1.29 is 9.53 Å². The number of amides is 1. The largest absolute Gasteiger partial charge is 0.496 e. The van der Waals surface area contributed by atoms with Crippen molar-refractivity contribution in [1.29, 1.82) is 0 Å². The Kier molecular flexibility index (Phi) is 4.38. The highest BCUT2D eigenvalue weighted by Gasteiger charge is 2.15. The van der Waals surface area contributed by atoms with Crippen LogP contribution in [0.1, 0.15) is 37.5 Å². The number of nitrogens with one attached hydrogen (secondary N) is 1. The third-order valence-electron chi connectivity index (χ3n) is 2.72. The molecule has 0 saturated heterocycles. The summed E-state index contributed by atoms with van der Waals surface area (Å²) in [5.41, 5.74) is 3.00. The molecule has 0 unspecified atom stereocenters.